The van der Waals surface area contributed by atoms with Gasteiger partial charge in [-0.25, -0.2) is 27.9 Å². The normalized spacial score (nSPS) is 14.1. The van der Waals surface area contributed by atoms with E-state index in [-0.39, 0.29) is 24.5 Å². The summed E-state index contributed by atoms with van der Waals surface area (Å²) in [4.78, 5) is 46.6. The Morgan fingerprint density at radius 3 is 2.38 bits per heavy atom. The number of amides is 5. The molecule has 0 atom stereocenters. The van der Waals surface area contributed by atoms with Gasteiger partial charge in [-0.3, -0.25) is 15.1 Å². The summed E-state index contributed by atoms with van der Waals surface area (Å²) in [5.41, 5.74) is -4.88. The molecule has 2 aromatic heterocycles. The first-order chi connectivity index (χ1) is 17.5. The molecule has 3 heterocycles. The van der Waals surface area contributed by atoms with Crippen molar-refractivity contribution in [2.75, 3.05) is 22.1 Å². The van der Waals surface area contributed by atoms with E-state index >= 15 is 0 Å². The maximum atomic E-state index is 12.9. The Labute approximate surface area is 207 Å². The number of rotatable bonds is 6. The van der Waals surface area contributed by atoms with Crippen LogP contribution in [-0.4, -0.2) is 53.3 Å². The number of nitrogens with one attached hydrogen (secondary N) is 2. The van der Waals surface area contributed by atoms with E-state index in [0.717, 1.165) is 21.9 Å². The van der Waals surface area contributed by atoms with Crippen molar-refractivity contribution in [1.82, 2.24) is 14.9 Å². The number of halogens is 3. The van der Waals surface area contributed by atoms with Crippen molar-refractivity contribution in [2.24, 2.45) is 0 Å². The predicted molar refractivity (Wildman–Crippen MR) is 124 cm³/mol. The Bertz CT molecular complexity index is 1450. The summed E-state index contributed by atoms with van der Waals surface area (Å²) in [6.45, 7) is -0.466. The fourth-order valence-electron chi connectivity index (χ4n) is 3.42. The lowest BCUT2D eigenvalue weighted by Crippen LogP contribution is -2.33. The van der Waals surface area contributed by atoms with Crippen LogP contribution in [0.2, 0.25) is 0 Å². The van der Waals surface area contributed by atoms with Crippen molar-refractivity contribution in [3.05, 3.63) is 72.7 Å². The van der Waals surface area contributed by atoms with E-state index in [1.165, 1.54) is 24.7 Å². The standard InChI is InChI=1S/C22H17F3N6O5S/c23-22(24,25)37(35,36)16-6-4-15(5-7-16)31-19(32)13-30(21(31)34)12-14-8-10-26-11-17(14)28-20(33)29-18-3-1-2-9-27-18/h1-11H,12-13H2,(H2,27,28,29,33). The number of carbonyl (C=O) groups excluding carboxylic acids is 3. The minimum absolute atomic E-state index is 0.0959. The zero-order valence-electron chi connectivity index (χ0n) is 18.6. The molecule has 1 aromatic carbocycles. The van der Waals surface area contributed by atoms with E-state index in [1.54, 1.807) is 18.2 Å². The molecule has 4 rings (SSSR count). The van der Waals surface area contributed by atoms with Gasteiger partial charge in [0.2, 0.25) is 0 Å². The van der Waals surface area contributed by atoms with Gasteiger partial charge in [0.05, 0.1) is 29.0 Å². The first-order valence-corrected chi connectivity index (χ1v) is 11.9. The van der Waals surface area contributed by atoms with Crippen LogP contribution in [0.1, 0.15) is 5.56 Å². The number of benzene rings is 1. The van der Waals surface area contributed by atoms with E-state index in [9.17, 15) is 36.0 Å². The largest absolute Gasteiger partial charge is 0.501 e. The van der Waals surface area contributed by atoms with Gasteiger partial charge in [-0.05, 0) is 48.0 Å². The zero-order chi connectivity index (χ0) is 26.8. The number of hydrogen-bond acceptors (Lipinski definition) is 7. The first kappa shape index (κ1) is 25.6. The second-order valence-electron chi connectivity index (χ2n) is 7.64. The number of pyridine rings is 2. The van der Waals surface area contributed by atoms with Crippen molar-refractivity contribution in [2.45, 2.75) is 16.9 Å². The van der Waals surface area contributed by atoms with Gasteiger partial charge in [0, 0.05) is 12.4 Å². The summed E-state index contributed by atoms with van der Waals surface area (Å²) in [7, 11) is -5.58. The average molecular weight is 534 g/mol. The molecule has 15 heteroatoms. The van der Waals surface area contributed by atoms with Crippen molar-refractivity contribution < 1.29 is 36.0 Å². The smallest absolute Gasteiger partial charge is 0.310 e. The van der Waals surface area contributed by atoms with Crippen molar-refractivity contribution in [3.63, 3.8) is 0 Å². The van der Waals surface area contributed by atoms with Gasteiger partial charge in [0.1, 0.15) is 12.4 Å². The Morgan fingerprint density at radius 2 is 1.73 bits per heavy atom. The van der Waals surface area contributed by atoms with Gasteiger partial charge in [0.25, 0.3) is 15.7 Å². The van der Waals surface area contributed by atoms with Gasteiger partial charge < -0.3 is 10.2 Å². The van der Waals surface area contributed by atoms with Gasteiger partial charge in [-0.1, -0.05) is 6.07 Å². The number of nitrogens with zero attached hydrogens (tertiary/aromatic N) is 4. The monoisotopic (exact) mass is 534 g/mol. The summed E-state index contributed by atoms with van der Waals surface area (Å²) in [5.74, 6) is -0.372. The minimum atomic E-state index is -5.58. The fourth-order valence-corrected chi connectivity index (χ4v) is 4.18. The maximum absolute atomic E-state index is 12.9. The van der Waals surface area contributed by atoms with Gasteiger partial charge >= 0.3 is 17.6 Å². The van der Waals surface area contributed by atoms with Crippen LogP contribution in [0, 0.1) is 0 Å². The van der Waals surface area contributed by atoms with Crippen molar-refractivity contribution in [1.29, 1.82) is 0 Å². The third-order valence-electron chi connectivity index (χ3n) is 5.17. The van der Waals surface area contributed by atoms with Crippen LogP contribution < -0.4 is 15.5 Å². The highest BCUT2D eigenvalue weighted by Crippen LogP contribution is 2.32. The van der Waals surface area contributed by atoms with E-state index in [2.05, 4.69) is 20.6 Å². The lowest BCUT2D eigenvalue weighted by Gasteiger charge is -2.19. The summed E-state index contributed by atoms with van der Waals surface area (Å²) in [6.07, 6.45) is 4.28. The highest BCUT2D eigenvalue weighted by atomic mass is 32.2. The molecule has 192 valence electrons. The Morgan fingerprint density at radius 1 is 1.00 bits per heavy atom. The number of aromatic nitrogens is 2. The first-order valence-electron chi connectivity index (χ1n) is 10.4. The molecule has 0 spiro atoms. The number of hydrogen-bond donors (Lipinski definition) is 2. The van der Waals surface area contributed by atoms with Crippen molar-refractivity contribution >= 4 is 45.0 Å². The number of urea groups is 2. The molecule has 0 aliphatic carbocycles. The molecule has 0 radical (unpaired) electrons. The molecular weight excluding hydrogens is 517 g/mol. The van der Waals surface area contributed by atoms with E-state index in [4.69, 9.17) is 0 Å². The van der Waals surface area contributed by atoms with E-state index in [0.29, 0.717) is 23.5 Å². The molecular formula is C22H17F3N6O5S. The Hall–Kier alpha value is -4.53. The molecule has 5 amide bonds. The van der Waals surface area contributed by atoms with E-state index in [1.807, 2.05) is 0 Å². The molecule has 37 heavy (non-hydrogen) atoms. The van der Waals surface area contributed by atoms with Gasteiger partial charge in [-0.2, -0.15) is 13.2 Å². The van der Waals surface area contributed by atoms with Crippen LogP contribution in [-0.2, 0) is 21.2 Å². The molecule has 1 aliphatic rings. The summed E-state index contributed by atoms with van der Waals surface area (Å²) in [6, 6.07) is 8.31. The minimum Gasteiger partial charge on any atom is -0.310 e. The van der Waals surface area contributed by atoms with Crippen LogP contribution in [0.25, 0.3) is 0 Å². The summed E-state index contributed by atoms with van der Waals surface area (Å²) < 4.78 is 61.4. The fraction of sp³-hybridized carbons (Fsp3) is 0.136. The molecule has 0 bridgehead atoms. The molecule has 1 fully saturated rings. The molecule has 3 aromatic rings. The van der Waals surface area contributed by atoms with Gasteiger partial charge in [-0.15, -0.1) is 0 Å². The highest BCUT2D eigenvalue weighted by Gasteiger charge is 2.47. The number of imide groups is 1. The number of alkyl halides is 3. The third-order valence-corrected chi connectivity index (χ3v) is 6.68. The molecule has 1 saturated heterocycles. The zero-order valence-corrected chi connectivity index (χ0v) is 19.5. The topological polar surface area (TPSA) is 142 Å². The predicted octanol–water partition coefficient (Wildman–Crippen LogP) is 3.38. The summed E-state index contributed by atoms with van der Waals surface area (Å²) >= 11 is 0. The average Bonchev–Trinajstić information content (AvgIpc) is 3.12. The molecule has 0 unspecified atom stereocenters. The lowest BCUT2D eigenvalue weighted by atomic mass is 10.2. The van der Waals surface area contributed by atoms with E-state index < -0.39 is 38.2 Å². The Kier molecular flexibility index (Phi) is 6.80. The van der Waals surface area contributed by atoms with Crippen LogP contribution in [0.3, 0.4) is 0 Å². The number of carbonyl (C=O) groups is 3. The Balaban J connectivity index is 1.48. The second-order valence-corrected chi connectivity index (χ2v) is 9.58. The third kappa shape index (κ3) is 5.35. The van der Waals surface area contributed by atoms with Crippen LogP contribution in [0.15, 0.2) is 72.0 Å². The highest BCUT2D eigenvalue weighted by molar-refractivity contribution is 7.92. The molecule has 2 N–H and O–H groups in total. The second kappa shape index (κ2) is 9.85. The summed E-state index contributed by atoms with van der Waals surface area (Å²) in [5, 5.41) is 5.13. The van der Waals surface area contributed by atoms with Gasteiger partial charge in [0.15, 0.2) is 0 Å². The van der Waals surface area contributed by atoms with Crippen LogP contribution >= 0.6 is 0 Å². The van der Waals surface area contributed by atoms with Crippen molar-refractivity contribution in [3.8, 4) is 0 Å². The maximum Gasteiger partial charge on any atom is 0.501 e. The molecule has 11 nitrogen and oxygen atoms in total. The SMILES string of the molecule is O=C(Nc1ccccn1)Nc1cnccc1CN1CC(=O)N(c2ccc(S(=O)(=O)C(F)(F)F)cc2)C1=O. The lowest BCUT2D eigenvalue weighted by molar-refractivity contribution is -0.116. The van der Waals surface area contributed by atoms with Crippen LogP contribution in [0.5, 0.6) is 0 Å². The van der Waals surface area contributed by atoms with Crippen LogP contribution in [0.4, 0.5) is 40.0 Å². The number of sulfone groups is 1. The quantitative estimate of drug-likeness (QED) is 0.462. The number of anilines is 3. The molecule has 0 saturated carbocycles. The molecule has 1 aliphatic heterocycles.